The van der Waals surface area contributed by atoms with Crippen molar-refractivity contribution < 1.29 is 12.7 Å². The molecule has 2 aliphatic carbocycles. The monoisotopic (exact) mass is 424 g/mol. The lowest BCUT2D eigenvalue weighted by Gasteiger charge is -2.18. The van der Waals surface area contributed by atoms with Crippen LogP contribution in [0.5, 0.6) is 0 Å². The minimum Gasteiger partial charge on any atom is -0.264 e. The summed E-state index contributed by atoms with van der Waals surface area (Å²) in [6.45, 7) is 3.84. The van der Waals surface area contributed by atoms with Crippen LogP contribution in [0.2, 0.25) is 0 Å². The van der Waals surface area contributed by atoms with Gasteiger partial charge >= 0.3 is 10.1 Å². The smallest absolute Gasteiger partial charge is 0.264 e. The van der Waals surface area contributed by atoms with Crippen molar-refractivity contribution in [3.8, 4) is 6.07 Å². The second-order valence-corrected chi connectivity index (χ2v) is 8.84. The highest BCUT2D eigenvalue weighted by Crippen LogP contribution is 2.30. The highest BCUT2D eigenvalue weighted by molar-refractivity contribution is 7.86. The van der Waals surface area contributed by atoms with Gasteiger partial charge in [-0.3, -0.25) is 4.28 Å². The molecule has 0 fully saturated rings. The molecule has 1 aromatic carbocycles. The van der Waals surface area contributed by atoms with E-state index in [1.807, 2.05) is 38.2 Å². The van der Waals surface area contributed by atoms with E-state index in [0.29, 0.717) is 23.5 Å². The maximum atomic E-state index is 12.5. The molecule has 1 aromatic rings. The maximum Gasteiger partial charge on any atom is 0.358 e. The Morgan fingerprint density at radius 1 is 1.14 bits per heavy atom. The number of hydrogen-bond donors (Lipinski definition) is 1. The molecular weight excluding hydrogens is 404 g/mol. The molecule has 2 aliphatic rings. The summed E-state index contributed by atoms with van der Waals surface area (Å²) in [5.74, 6) is 0. The van der Waals surface area contributed by atoms with E-state index in [2.05, 4.69) is 23.9 Å². The first-order chi connectivity index (χ1) is 13.8. The lowest BCUT2D eigenvalue weighted by Crippen LogP contribution is -2.10. The molecule has 5 nitrogen and oxygen atoms in total. The average molecular weight is 425 g/mol. The third-order valence-electron chi connectivity index (χ3n) is 4.66. The fourth-order valence-corrected chi connectivity index (χ4v) is 3.89. The van der Waals surface area contributed by atoms with Gasteiger partial charge in [0, 0.05) is 10.5 Å². The molecular formula is C22H20N2O3S2. The molecule has 7 heteroatoms. The molecule has 0 aromatic heterocycles. The first-order valence-corrected chi connectivity index (χ1v) is 10.8. The lowest BCUT2D eigenvalue weighted by molar-refractivity contribution is 0.339. The van der Waals surface area contributed by atoms with Crippen LogP contribution in [0.15, 0.2) is 91.9 Å². The number of oxime groups is 1. The lowest BCUT2D eigenvalue weighted by atomic mass is 9.87. The Morgan fingerprint density at radius 3 is 2.55 bits per heavy atom. The zero-order valence-electron chi connectivity index (χ0n) is 16.1. The van der Waals surface area contributed by atoms with Gasteiger partial charge < -0.3 is 0 Å². The summed E-state index contributed by atoms with van der Waals surface area (Å²) in [5, 5.41) is 13.0. The van der Waals surface area contributed by atoms with Crippen LogP contribution in [0.1, 0.15) is 25.3 Å². The van der Waals surface area contributed by atoms with Gasteiger partial charge in [0.25, 0.3) is 0 Å². The molecule has 0 amide bonds. The fourth-order valence-electron chi connectivity index (χ4n) is 2.96. The summed E-state index contributed by atoms with van der Waals surface area (Å²) >= 11 is 4.33. The Hall–Kier alpha value is -2.82. The van der Waals surface area contributed by atoms with Crippen LogP contribution in [-0.4, -0.2) is 14.1 Å². The number of nitriles is 1. The highest BCUT2D eigenvalue weighted by Gasteiger charge is 2.20. The van der Waals surface area contributed by atoms with Crippen LogP contribution < -0.4 is 0 Å². The van der Waals surface area contributed by atoms with Crippen molar-refractivity contribution in [3.05, 3.63) is 87.4 Å². The van der Waals surface area contributed by atoms with E-state index in [4.69, 9.17) is 9.55 Å². The molecule has 0 saturated heterocycles. The summed E-state index contributed by atoms with van der Waals surface area (Å²) in [6.07, 6.45) is 10.1. The minimum absolute atomic E-state index is 0.0375. The number of allylic oxidation sites excluding steroid dienone is 9. The predicted molar refractivity (Wildman–Crippen MR) is 117 cm³/mol. The molecule has 0 N–H and O–H groups in total. The summed E-state index contributed by atoms with van der Waals surface area (Å²) in [5.41, 5.74) is 5.08. The topological polar surface area (TPSA) is 79.5 Å². The van der Waals surface area contributed by atoms with E-state index < -0.39 is 10.1 Å². The Morgan fingerprint density at radius 2 is 1.86 bits per heavy atom. The van der Waals surface area contributed by atoms with Gasteiger partial charge in [0.05, 0.1) is 12.5 Å². The van der Waals surface area contributed by atoms with E-state index in [1.165, 1.54) is 12.1 Å². The first-order valence-electron chi connectivity index (χ1n) is 8.94. The maximum absolute atomic E-state index is 12.5. The number of rotatable bonds is 4. The highest BCUT2D eigenvalue weighted by atomic mass is 32.2. The summed E-state index contributed by atoms with van der Waals surface area (Å²) in [6, 6.07) is 8.55. The van der Waals surface area contributed by atoms with E-state index >= 15 is 0 Å². The second kappa shape index (κ2) is 8.68. The van der Waals surface area contributed by atoms with Gasteiger partial charge in [0.15, 0.2) is 0 Å². The molecule has 0 aliphatic heterocycles. The van der Waals surface area contributed by atoms with Crippen molar-refractivity contribution >= 4 is 28.5 Å². The van der Waals surface area contributed by atoms with Crippen LogP contribution in [0.4, 0.5) is 0 Å². The molecule has 0 bridgehead atoms. The molecule has 3 rings (SSSR count). The zero-order chi connectivity index (χ0) is 21.0. The Balaban J connectivity index is 1.94. The average Bonchev–Trinajstić information content (AvgIpc) is 2.69. The number of aryl methyl sites for hydroxylation is 1. The van der Waals surface area contributed by atoms with Crippen LogP contribution >= 0.6 is 12.6 Å². The van der Waals surface area contributed by atoms with Crippen molar-refractivity contribution in [2.75, 3.05) is 0 Å². The van der Waals surface area contributed by atoms with Gasteiger partial charge in [-0.05, 0) is 55.7 Å². The Bertz CT molecular complexity index is 1160. The van der Waals surface area contributed by atoms with Crippen molar-refractivity contribution in [2.45, 2.75) is 31.6 Å². The Kier molecular flexibility index (Phi) is 6.26. The second-order valence-electron chi connectivity index (χ2n) is 6.79. The van der Waals surface area contributed by atoms with Crippen LogP contribution in [0, 0.1) is 18.3 Å². The van der Waals surface area contributed by atoms with E-state index in [9.17, 15) is 8.42 Å². The van der Waals surface area contributed by atoms with Gasteiger partial charge in [-0.2, -0.15) is 13.7 Å². The quantitative estimate of drug-likeness (QED) is 0.549. The third-order valence-corrected chi connectivity index (χ3v) is 6.06. The SMILES string of the molecule is CC1=C(CC#N)CC(=C2C=CC(S)=CC2=NOS(=O)(=O)c2ccc(C)cc2)C=C1. The summed E-state index contributed by atoms with van der Waals surface area (Å²) in [4.78, 5) is 0.670. The van der Waals surface area contributed by atoms with Crippen LogP contribution in [-0.2, 0) is 14.4 Å². The van der Waals surface area contributed by atoms with Crippen molar-refractivity contribution in [2.24, 2.45) is 5.16 Å². The molecule has 148 valence electrons. The van der Waals surface area contributed by atoms with Crippen molar-refractivity contribution in [3.63, 3.8) is 0 Å². The zero-order valence-corrected chi connectivity index (χ0v) is 17.8. The molecule has 0 saturated carbocycles. The predicted octanol–water partition coefficient (Wildman–Crippen LogP) is 4.93. The summed E-state index contributed by atoms with van der Waals surface area (Å²) in [7, 11) is -4.03. The number of benzene rings is 1. The first kappa shape index (κ1) is 20.9. The largest absolute Gasteiger partial charge is 0.358 e. The number of nitrogens with zero attached hydrogens (tertiary/aromatic N) is 2. The van der Waals surface area contributed by atoms with Gasteiger partial charge in [0.1, 0.15) is 10.6 Å². The minimum atomic E-state index is -4.03. The van der Waals surface area contributed by atoms with Gasteiger partial charge in [-0.25, -0.2) is 0 Å². The van der Waals surface area contributed by atoms with Crippen LogP contribution in [0.3, 0.4) is 0 Å². The molecule has 0 spiro atoms. The van der Waals surface area contributed by atoms with E-state index in [1.54, 1.807) is 18.2 Å². The molecule has 29 heavy (non-hydrogen) atoms. The van der Waals surface area contributed by atoms with Crippen LogP contribution in [0.25, 0.3) is 0 Å². The number of thiol groups is 1. The number of hydrogen-bond acceptors (Lipinski definition) is 6. The molecule has 0 unspecified atom stereocenters. The third kappa shape index (κ3) is 4.97. The van der Waals surface area contributed by atoms with Gasteiger partial charge in [-0.1, -0.05) is 46.7 Å². The molecule has 0 heterocycles. The van der Waals surface area contributed by atoms with E-state index in [0.717, 1.165) is 27.9 Å². The van der Waals surface area contributed by atoms with Crippen molar-refractivity contribution in [1.82, 2.24) is 0 Å². The van der Waals surface area contributed by atoms with Gasteiger partial charge in [0.2, 0.25) is 0 Å². The summed E-state index contributed by atoms with van der Waals surface area (Å²) < 4.78 is 29.9. The van der Waals surface area contributed by atoms with Gasteiger partial charge in [-0.15, -0.1) is 12.6 Å². The normalized spacial score (nSPS) is 20.6. The van der Waals surface area contributed by atoms with Crippen molar-refractivity contribution in [1.29, 1.82) is 5.26 Å². The standard InChI is InChI=1S/C22H20N2O3S2/c1-15-3-8-20(9-4-15)29(25,26)27-24-22-14-19(28)7-10-21(22)18-6-5-16(2)17(13-18)11-12-23/h3-10,14,28H,11,13H2,1-2H3. The molecule has 0 radical (unpaired) electrons. The fraction of sp³-hybridized carbons (Fsp3) is 0.182. The molecule has 0 atom stereocenters. The Labute approximate surface area is 176 Å². The van der Waals surface area contributed by atoms with E-state index in [-0.39, 0.29) is 4.90 Å².